The minimum absolute atomic E-state index is 0.231. The van der Waals surface area contributed by atoms with Crippen LogP contribution in [-0.2, 0) is 13.5 Å². The van der Waals surface area contributed by atoms with E-state index in [1.165, 1.54) is 27.4 Å². The van der Waals surface area contributed by atoms with Gasteiger partial charge in [-0.3, -0.25) is 14.9 Å². The van der Waals surface area contributed by atoms with Gasteiger partial charge in [-0.2, -0.15) is 5.10 Å². The Morgan fingerprint density at radius 1 is 1.15 bits per heavy atom. The fourth-order valence-corrected chi connectivity index (χ4v) is 4.15. The molecule has 3 rings (SSSR count). The highest BCUT2D eigenvalue weighted by molar-refractivity contribution is 7.17. The summed E-state index contributed by atoms with van der Waals surface area (Å²) in [5.74, 6) is -0.301. The molecule has 8 nitrogen and oxygen atoms in total. The molecule has 0 aliphatic rings. The first-order valence-corrected chi connectivity index (χ1v) is 9.61. The maximum absolute atomic E-state index is 12.6. The quantitative estimate of drug-likeness (QED) is 0.734. The Bertz CT molecular complexity index is 1050. The van der Waals surface area contributed by atoms with Crippen LogP contribution in [0.5, 0.6) is 0 Å². The maximum Gasteiger partial charge on any atom is 0.277 e. The molecule has 1 N–H and O–H groups in total. The predicted octanol–water partition coefficient (Wildman–Crippen LogP) is 2.50. The molecular formula is C16H18N6O2S2. The number of carbonyl (C=O) groups excluding carboxylic acids is 1. The van der Waals surface area contributed by atoms with Crippen molar-refractivity contribution in [2.45, 2.75) is 34.1 Å². The van der Waals surface area contributed by atoms with Gasteiger partial charge in [-0.25, -0.2) is 9.67 Å². The molecule has 26 heavy (non-hydrogen) atoms. The molecule has 0 aliphatic carbocycles. The molecule has 0 radical (unpaired) electrons. The van der Waals surface area contributed by atoms with E-state index in [4.69, 9.17) is 0 Å². The highest BCUT2D eigenvalue weighted by Gasteiger charge is 2.21. The normalized spacial score (nSPS) is 11.0. The van der Waals surface area contributed by atoms with Gasteiger partial charge in [0.25, 0.3) is 11.5 Å². The first-order valence-electron chi connectivity index (χ1n) is 7.97. The van der Waals surface area contributed by atoms with E-state index in [9.17, 15) is 9.59 Å². The monoisotopic (exact) mass is 390 g/mol. The van der Waals surface area contributed by atoms with Gasteiger partial charge in [0.15, 0.2) is 0 Å². The van der Waals surface area contributed by atoms with Crippen LogP contribution in [0.3, 0.4) is 0 Å². The van der Waals surface area contributed by atoms with Gasteiger partial charge in [-0.05, 0) is 32.8 Å². The van der Waals surface area contributed by atoms with E-state index in [-0.39, 0.29) is 11.5 Å². The Hall–Kier alpha value is -2.46. The number of hydrogen-bond donors (Lipinski definition) is 1. The minimum atomic E-state index is -0.301. The SMILES string of the molecule is CCc1nnc(NC(=O)c2sc(-c3c(C)c(C)nn(C)c3=O)nc2C)s1. The second kappa shape index (κ2) is 7.04. The molecule has 0 spiro atoms. The molecule has 0 bridgehead atoms. The molecule has 0 aliphatic heterocycles. The van der Waals surface area contributed by atoms with Gasteiger partial charge in [0.2, 0.25) is 5.13 Å². The van der Waals surface area contributed by atoms with Crippen molar-refractivity contribution in [3.05, 3.63) is 37.2 Å². The molecule has 0 unspecified atom stereocenters. The highest BCUT2D eigenvalue weighted by atomic mass is 32.1. The van der Waals surface area contributed by atoms with E-state index in [1.54, 1.807) is 14.0 Å². The van der Waals surface area contributed by atoms with Crippen LogP contribution in [0.1, 0.15) is 38.6 Å². The molecule has 0 saturated heterocycles. The summed E-state index contributed by atoms with van der Waals surface area (Å²) in [4.78, 5) is 30.0. The van der Waals surface area contributed by atoms with Gasteiger partial charge < -0.3 is 0 Å². The standard InChI is InChI=1S/C16H18N6O2S2/c1-6-10-19-20-16(25-10)18-13(23)12-9(4)17-14(26-12)11-7(2)8(3)21-22(5)15(11)24/h6H2,1-5H3,(H,18,20,23). The van der Waals surface area contributed by atoms with Gasteiger partial charge in [-0.1, -0.05) is 18.3 Å². The van der Waals surface area contributed by atoms with Crippen molar-refractivity contribution in [3.63, 3.8) is 0 Å². The van der Waals surface area contributed by atoms with Crippen LogP contribution in [0.2, 0.25) is 0 Å². The van der Waals surface area contributed by atoms with E-state index in [0.29, 0.717) is 26.3 Å². The summed E-state index contributed by atoms with van der Waals surface area (Å²) in [5, 5.41) is 16.7. The molecule has 0 atom stereocenters. The summed E-state index contributed by atoms with van der Waals surface area (Å²) in [6.07, 6.45) is 0.765. The van der Waals surface area contributed by atoms with Crippen LogP contribution in [0, 0.1) is 20.8 Å². The lowest BCUT2D eigenvalue weighted by Crippen LogP contribution is -2.23. The van der Waals surface area contributed by atoms with Crippen LogP contribution in [0.4, 0.5) is 5.13 Å². The topological polar surface area (TPSA) is 103 Å². The van der Waals surface area contributed by atoms with Crippen molar-refractivity contribution < 1.29 is 4.79 Å². The Labute approximate surface area is 157 Å². The smallest absolute Gasteiger partial charge is 0.277 e. The third kappa shape index (κ3) is 3.29. The number of carbonyl (C=O) groups is 1. The van der Waals surface area contributed by atoms with Gasteiger partial charge in [-0.15, -0.1) is 21.5 Å². The number of thiazole rings is 1. The van der Waals surface area contributed by atoms with Crippen molar-refractivity contribution in [1.82, 2.24) is 25.0 Å². The van der Waals surface area contributed by atoms with Gasteiger partial charge in [0.05, 0.1) is 17.0 Å². The van der Waals surface area contributed by atoms with Crippen LogP contribution in [-0.4, -0.2) is 30.9 Å². The van der Waals surface area contributed by atoms with Gasteiger partial charge in [0, 0.05) is 7.05 Å². The fraction of sp³-hybridized carbons (Fsp3) is 0.375. The van der Waals surface area contributed by atoms with Crippen molar-refractivity contribution >= 4 is 33.7 Å². The molecular weight excluding hydrogens is 372 g/mol. The lowest BCUT2D eigenvalue weighted by atomic mass is 10.1. The number of aromatic nitrogens is 5. The second-order valence-corrected chi connectivity index (χ2v) is 7.82. The maximum atomic E-state index is 12.6. The van der Waals surface area contributed by atoms with E-state index >= 15 is 0 Å². The predicted molar refractivity (Wildman–Crippen MR) is 102 cm³/mol. The minimum Gasteiger partial charge on any atom is -0.296 e. The third-order valence-corrected chi connectivity index (χ3v) is 6.09. The van der Waals surface area contributed by atoms with Crippen molar-refractivity contribution in [2.24, 2.45) is 7.05 Å². The molecule has 0 fully saturated rings. The van der Waals surface area contributed by atoms with Crippen LogP contribution in [0.15, 0.2) is 4.79 Å². The van der Waals surface area contributed by atoms with E-state index in [2.05, 4.69) is 25.6 Å². The highest BCUT2D eigenvalue weighted by Crippen LogP contribution is 2.29. The number of amides is 1. The fourth-order valence-electron chi connectivity index (χ4n) is 2.42. The van der Waals surface area contributed by atoms with E-state index < -0.39 is 0 Å². The van der Waals surface area contributed by atoms with Gasteiger partial charge >= 0.3 is 0 Å². The first kappa shape index (κ1) is 18.3. The summed E-state index contributed by atoms with van der Waals surface area (Å²) >= 11 is 2.53. The molecule has 0 saturated carbocycles. The average molecular weight is 390 g/mol. The number of nitrogens with one attached hydrogen (secondary N) is 1. The summed E-state index contributed by atoms with van der Waals surface area (Å²) < 4.78 is 1.29. The number of hydrogen-bond acceptors (Lipinski definition) is 8. The number of nitrogens with zero attached hydrogens (tertiary/aromatic N) is 5. The van der Waals surface area contributed by atoms with Crippen molar-refractivity contribution in [1.29, 1.82) is 0 Å². The third-order valence-electron chi connectivity index (χ3n) is 3.93. The molecule has 1 amide bonds. The lowest BCUT2D eigenvalue weighted by Gasteiger charge is -2.07. The zero-order valence-electron chi connectivity index (χ0n) is 15.1. The van der Waals surface area contributed by atoms with Crippen LogP contribution in [0.25, 0.3) is 10.6 Å². The zero-order chi connectivity index (χ0) is 19.0. The van der Waals surface area contributed by atoms with Crippen LogP contribution >= 0.6 is 22.7 Å². The number of aryl methyl sites for hydroxylation is 4. The van der Waals surface area contributed by atoms with Crippen molar-refractivity contribution in [2.75, 3.05) is 5.32 Å². The van der Waals surface area contributed by atoms with Gasteiger partial charge in [0.1, 0.15) is 14.9 Å². The van der Waals surface area contributed by atoms with Crippen molar-refractivity contribution in [3.8, 4) is 10.6 Å². The van der Waals surface area contributed by atoms with Crippen LogP contribution < -0.4 is 10.9 Å². The average Bonchev–Trinajstić information content (AvgIpc) is 3.20. The Balaban J connectivity index is 1.97. The van der Waals surface area contributed by atoms with E-state index in [0.717, 1.165) is 22.7 Å². The Kier molecular flexibility index (Phi) is 4.97. The summed E-state index contributed by atoms with van der Waals surface area (Å²) in [6.45, 7) is 7.40. The molecule has 3 heterocycles. The summed E-state index contributed by atoms with van der Waals surface area (Å²) in [7, 11) is 1.60. The molecule has 0 aromatic carbocycles. The number of rotatable bonds is 4. The summed E-state index contributed by atoms with van der Waals surface area (Å²) in [5.41, 5.74) is 2.34. The molecule has 3 aromatic rings. The molecule has 10 heteroatoms. The lowest BCUT2D eigenvalue weighted by molar-refractivity contribution is 0.102. The second-order valence-electron chi connectivity index (χ2n) is 5.76. The summed E-state index contributed by atoms with van der Waals surface area (Å²) in [6, 6.07) is 0. The Morgan fingerprint density at radius 2 is 1.88 bits per heavy atom. The Morgan fingerprint density at radius 3 is 2.54 bits per heavy atom. The molecule has 3 aromatic heterocycles. The zero-order valence-corrected chi connectivity index (χ0v) is 16.7. The first-order chi connectivity index (χ1) is 12.3. The molecule has 136 valence electrons. The largest absolute Gasteiger partial charge is 0.296 e. The number of anilines is 1. The van der Waals surface area contributed by atoms with E-state index in [1.807, 2.05) is 20.8 Å².